The van der Waals surface area contributed by atoms with E-state index in [0.29, 0.717) is 41.9 Å². The van der Waals surface area contributed by atoms with Crippen LogP contribution in [0.4, 0.5) is 0 Å². The summed E-state index contributed by atoms with van der Waals surface area (Å²) in [6.45, 7) is 11.4. The minimum atomic E-state index is -1.27. The van der Waals surface area contributed by atoms with Crippen LogP contribution in [0, 0.1) is 23.2 Å². The number of aryl methyl sites for hydroxylation is 1. The van der Waals surface area contributed by atoms with E-state index in [0.717, 1.165) is 22.9 Å². The van der Waals surface area contributed by atoms with Crippen LogP contribution in [0.15, 0.2) is 65.9 Å². The van der Waals surface area contributed by atoms with Crippen molar-refractivity contribution in [2.45, 2.75) is 90.0 Å². The van der Waals surface area contributed by atoms with Crippen LogP contribution in [0.25, 0.3) is 10.9 Å². The number of hydrogen-bond donors (Lipinski definition) is 2. The van der Waals surface area contributed by atoms with Crippen LogP contribution in [0.3, 0.4) is 0 Å². The maximum atomic E-state index is 14.4. The molecule has 6 atom stereocenters. The van der Waals surface area contributed by atoms with Gasteiger partial charge in [-0.2, -0.15) is 0 Å². The highest BCUT2D eigenvalue weighted by Gasteiger charge is 2.68. The van der Waals surface area contributed by atoms with Crippen LogP contribution in [0.2, 0.25) is 0 Å². The first-order valence-corrected chi connectivity index (χ1v) is 17.1. The molecule has 3 heterocycles. The summed E-state index contributed by atoms with van der Waals surface area (Å²) >= 11 is 0. The van der Waals surface area contributed by atoms with Crippen molar-refractivity contribution in [3.63, 3.8) is 0 Å². The third kappa shape index (κ3) is 5.57. The Hall–Kier alpha value is -3.63. The van der Waals surface area contributed by atoms with Gasteiger partial charge in [0.05, 0.1) is 29.9 Å². The molecule has 3 saturated carbocycles. The fourth-order valence-corrected chi connectivity index (χ4v) is 8.76. The van der Waals surface area contributed by atoms with Gasteiger partial charge < -0.3 is 29.3 Å². The minimum absolute atomic E-state index is 0.0251. The smallest absolute Gasteiger partial charge is 0.404 e. The van der Waals surface area contributed by atoms with Gasteiger partial charge in [0.25, 0.3) is 11.8 Å². The zero-order valence-electron chi connectivity index (χ0n) is 28.4. The molecule has 10 heteroatoms. The van der Waals surface area contributed by atoms with Gasteiger partial charge in [0.2, 0.25) is 5.60 Å². The lowest BCUT2D eigenvalue weighted by Crippen LogP contribution is -2.65. The van der Waals surface area contributed by atoms with Gasteiger partial charge in [0, 0.05) is 42.6 Å². The van der Waals surface area contributed by atoms with Crippen LogP contribution in [0.5, 0.6) is 0 Å². The zero-order valence-corrected chi connectivity index (χ0v) is 28.4. The summed E-state index contributed by atoms with van der Waals surface area (Å²) in [4.78, 5) is 33.8. The highest BCUT2D eigenvalue weighted by Crippen LogP contribution is 2.65. The number of rotatable bonds is 10. The Morgan fingerprint density at radius 3 is 2.60 bits per heavy atom. The molecule has 3 aliphatic carbocycles. The van der Waals surface area contributed by atoms with E-state index in [1.165, 1.54) is 6.42 Å². The van der Waals surface area contributed by atoms with Gasteiger partial charge in [-0.1, -0.05) is 69.2 Å². The second-order valence-electron chi connectivity index (χ2n) is 15.5. The summed E-state index contributed by atoms with van der Waals surface area (Å²) in [6.07, 6.45) is 5.42. The third-order valence-corrected chi connectivity index (χ3v) is 11.6. The largest absolute Gasteiger partial charge is 0.481 e. The first-order valence-electron chi connectivity index (χ1n) is 17.1. The van der Waals surface area contributed by atoms with Crippen LogP contribution in [-0.2, 0) is 32.4 Å². The number of nitrogens with one attached hydrogen (secondary N) is 2. The molecular formula is C37H47BN4O5. The molecule has 2 bridgehead atoms. The number of hydrogen-bond acceptors (Lipinski definition) is 6. The molecular weight excluding hydrogens is 591 g/mol. The molecule has 8 rings (SSSR count). The minimum Gasteiger partial charge on any atom is -0.404 e. The molecule has 2 amide bonds. The van der Waals surface area contributed by atoms with Gasteiger partial charge in [-0.05, 0) is 73.1 Å². The van der Waals surface area contributed by atoms with Crippen molar-refractivity contribution in [3.05, 3.63) is 71.9 Å². The molecule has 2 N–H and O–H groups in total. The van der Waals surface area contributed by atoms with Crippen LogP contribution in [-0.4, -0.2) is 59.0 Å². The lowest BCUT2D eigenvalue weighted by molar-refractivity contribution is -0.199. The van der Waals surface area contributed by atoms with Gasteiger partial charge in [0.1, 0.15) is 0 Å². The molecule has 248 valence electrons. The number of benzene rings is 2. The maximum Gasteiger partial charge on any atom is 0.481 e. The van der Waals surface area contributed by atoms with E-state index in [4.69, 9.17) is 14.1 Å². The molecule has 0 radical (unpaired) electrons. The number of nitrogens with zero attached hydrogens (tertiary/aromatic N) is 2. The normalized spacial score (nSPS) is 29.6. The molecule has 47 heavy (non-hydrogen) atoms. The quantitative estimate of drug-likeness (QED) is 0.287. The summed E-state index contributed by atoms with van der Waals surface area (Å²) < 4.78 is 15.5. The highest BCUT2D eigenvalue weighted by atomic mass is 16.7. The lowest BCUT2D eigenvalue weighted by atomic mass is 9.43. The van der Waals surface area contributed by atoms with Crippen molar-refractivity contribution < 1.29 is 23.7 Å². The fourth-order valence-electron chi connectivity index (χ4n) is 8.76. The van der Waals surface area contributed by atoms with E-state index in [-0.39, 0.29) is 47.8 Å². The first kappa shape index (κ1) is 31.9. The molecule has 9 nitrogen and oxygen atoms in total. The average molecular weight is 639 g/mol. The SMILES string of the molecule is CC(C)C[C@H](NC(=O)C1(Cc2ccccc2)CC(CNC(=O)c2cccc3c2ccn3C)=NO1)B1O[C@@H]2C[C@@H]3C[C@@H](C3(C)C)[C@]2(C)O1. The van der Waals surface area contributed by atoms with E-state index in [9.17, 15) is 9.59 Å². The maximum absolute atomic E-state index is 14.4. The molecule has 1 aromatic heterocycles. The Labute approximate surface area is 277 Å². The molecule has 4 fully saturated rings. The first-order chi connectivity index (χ1) is 22.4. The van der Waals surface area contributed by atoms with Crippen LogP contribution >= 0.6 is 0 Å². The number of amides is 2. The summed E-state index contributed by atoms with van der Waals surface area (Å²) in [7, 11) is 1.42. The lowest BCUT2D eigenvalue weighted by Gasteiger charge is -2.64. The highest BCUT2D eigenvalue weighted by molar-refractivity contribution is 6.48. The van der Waals surface area contributed by atoms with Crippen molar-refractivity contribution in [1.29, 1.82) is 0 Å². The molecule has 1 unspecified atom stereocenters. The monoisotopic (exact) mass is 638 g/mol. The van der Waals surface area contributed by atoms with Crippen LogP contribution in [0.1, 0.15) is 76.2 Å². The van der Waals surface area contributed by atoms with E-state index >= 15 is 0 Å². The predicted molar refractivity (Wildman–Crippen MR) is 183 cm³/mol. The second-order valence-corrected chi connectivity index (χ2v) is 15.5. The molecule has 5 aliphatic rings. The Morgan fingerprint density at radius 2 is 1.85 bits per heavy atom. The van der Waals surface area contributed by atoms with Gasteiger partial charge in [-0.25, -0.2) is 0 Å². The van der Waals surface area contributed by atoms with Crippen LogP contribution < -0.4 is 10.6 Å². The van der Waals surface area contributed by atoms with Gasteiger partial charge >= 0.3 is 7.12 Å². The number of carbonyl (C=O) groups excluding carboxylic acids is 2. The standard InChI is InChI=1S/C37H47BN4O5/c1-23(2)17-32(38-45-31-19-25-18-30(35(25,3)4)36(31,5)46-38)40-34(44)37(20-24-11-8-7-9-12-24)21-26(41-47-37)22-39-33(43)28-13-10-14-29-27(28)15-16-42(29)6/h7-16,23,25,30-32H,17-22H2,1-6H3,(H,39,43)(H,40,44)/t25-,30-,31+,32-,36-,37?/m0/s1. The fraction of sp³-hybridized carbons (Fsp3) is 0.541. The van der Waals surface area contributed by atoms with Gasteiger partial charge in [-0.3, -0.25) is 9.59 Å². The summed E-state index contributed by atoms with van der Waals surface area (Å²) in [6, 6.07) is 17.5. The van der Waals surface area contributed by atoms with Crippen molar-refractivity contribution >= 4 is 35.5 Å². The predicted octanol–water partition coefficient (Wildman–Crippen LogP) is 5.46. The Bertz CT molecular complexity index is 1700. The number of oxime groups is 1. The van der Waals surface area contributed by atoms with E-state index in [1.54, 1.807) is 0 Å². The average Bonchev–Trinajstić information content (AvgIpc) is 3.74. The number of fused-ring (bicyclic) bond motifs is 1. The molecule has 2 aromatic carbocycles. The van der Waals surface area contributed by atoms with Crippen molar-refractivity contribution in [2.75, 3.05) is 6.54 Å². The summed E-state index contributed by atoms with van der Waals surface area (Å²) in [5, 5.41) is 11.6. The van der Waals surface area contributed by atoms with Gasteiger partial charge in [-0.15, -0.1) is 0 Å². The second kappa shape index (κ2) is 11.8. The van der Waals surface area contributed by atoms with E-state index in [2.05, 4.69) is 50.4 Å². The summed E-state index contributed by atoms with van der Waals surface area (Å²) in [5.41, 5.74) is 1.75. The number of aromatic nitrogens is 1. The Morgan fingerprint density at radius 1 is 1.06 bits per heavy atom. The van der Waals surface area contributed by atoms with Crippen molar-refractivity contribution in [1.82, 2.24) is 15.2 Å². The molecule has 3 aromatic rings. The molecule has 1 saturated heterocycles. The van der Waals surface area contributed by atoms with Gasteiger partial charge in [0.15, 0.2) is 0 Å². The Kier molecular flexibility index (Phi) is 8.03. The van der Waals surface area contributed by atoms with Crippen molar-refractivity contribution in [3.8, 4) is 0 Å². The molecule has 0 spiro atoms. The Balaban J connectivity index is 1.08. The number of carbonyl (C=O) groups is 2. The topological polar surface area (TPSA) is 103 Å². The third-order valence-electron chi connectivity index (χ3n) is 11.6. The van der Waals surface area contributed by atoms with E-state index in [1.807, 2.05) is 72.4 Å². The zero-order chi connectivity index (χ0) is 33.1. The summed E-state index contributed by atoms with van der Waals surface area (Å²) in [5.74, 6) is 0.585. The molecule has 2 aliphatic heterocycles. The van der Waals surface area contributed by atoms with E-state index < -0.39 is 12.7 Å². The van der Waals surface area contributed by atoms with Crippen molar-refractivity contribution in [2.24, 2.45) is 35.4 Å².